The highest BCUT2D eigenvalue weighted by Crippen LogP contribution is 2.23. The van der Waals surface area contributed by atoms with E-state index in [9.17, 15) is 10.2 Å². The first kappa shape index (κ1) is 23.6. The maximum absolute atomic E-state index is 10.2. The maximum Gasteiger partial charge on any atom is 0.232 e. The van der Waals surface area contributed by atoms with Crippen LogP contribution in [0.5, 0.6) is 0 Å². The van der Waals surface area contributed by atoms with E-state index in [1.807, 2.05) is 0 Å². The van der Waals surface area contributed by atoms with Crippen molar-refractivity contribution < 1.29 is 29.2 Å². The summed E-state index contributed by atoms with van der Waals surface area (Å²) in [5.74, 6) is 0.356. The van der Waals surface area contributed by atoms with E-state index in [4.69, 9.17) is 18.9 Å². The quantitative estimate of drug-likeness (QED) is 0.450. The minimum Gasteiger partial charge on any atom is -0.393 e. The molecular weight excluding hydrogens is 356 g/mol. The molecule has 0 saturated carbocycles. The molecule has 2 N–H and O–H groups in total. The first-order valence-electron chi connectivity index (χ1n) is 8.73. The van der Waals surface area contributed by atoms with Gasteiger partial charge in [0.2, 0.25) is 5.95 Å². The van der Waals surface area contributed by atoms with E-state index in [0.29, 0.717) is 24.9 Å². The Labute approximate surface area is 160 Å². The second-order valence-corrected chi connectivity index (χ2v) is 6.28. The molecule has 0 bridgehead atoms. The van der Waals surface area contributed by atoms with Crippen LogP contribution in [0.3, 0.4) is 0 Å². The van der Waals surface area contributed by atoms with Gasteiger partial charge >= 0.3 is 0 Å². The topological polar surface area (TPSA) is 119 Å². The van der Waals surface area contributed by atoms with Gasteiger partial charge in [-0.2, -0.15) is 9.97 Å². The van der Waals surface area contributed by atoms with Crippen molar-refractivity contribution in [3.63, 3.8) is 0 Å². The Hall–Kier alpha value is -1.43. The number of hydrogen-bond acceptors (Lipinski definition) is 10. The summed E-state index contributed by atoms with van der Waals surface area (Å²) >= 11 is 0. The molecule has 0 saturated heterocycles. The molecule has 10 nitrogen and oxygen atoms in total. The Morgan fingerprint density at radius 1 is 0.815 bits per heavy atom. The van der Waals surface area contributed by atoms with E-state index < -0.39 is 18.2 Å². The van der Waals surface area contributed by atoms with Crippen molar-refractivity contribution >= 4 is 5.95 Å². The lowest BCUT2D eigenvalue weighted by atomic mass is 10.0. The van der Waals surface area contributed by atoms with Crippen LogP contribution in [0.25, 0.3) is 0 Å². The standard InChI is InChI=1S/C17H32N4O6/c1-11(22)14(9-26-5)16-18-15(13(7-24-3)8-25-4)19-17(20-16)21(10-27-6)12(2)23/h11-14,22-23H,7-10H2,1-6H3. The molecule has 156 valence electrons. The summed E-state index contributed by atoms with van der Waals surface area (Å²) in [5, 5.41) is 20.3. The van der Waals surface area contributed by atoms with Crippen molar-refractivity contribution in [1.82, 2.24) is 15.0 Å². The lowest BCUT2D eigenvalue weighted by molar-refractivity contribution is 0.0907. The Bertz CT molecular complexity index is 504. The number of aliphatic hydroxyl groups excluding tert-OH is 2. The molecule has 1 heterocycles. The number of hydrogen-bond donors (Lipinski definition) is 2. The minimum absolute atomic E-state index is 0.0867. The van der Waals surface area contributed by atoms with Gasteiger partial charge in [0.05, 0.1) is 37.8 Å². The molecular formula is C17H32N4O6. The van der Waals surface area contributed by atoms with Crippen LogP contribution in [0.15, 0.2) is 0 Å². The lowest BCUT2D eigenvalue weighted by Crippen LogP contribution is -2.37. The molecule has 0 aliphatic heterocycles. The van der Waals surface area contributed by atoms with Crippen molar-refractivity contribution in [2.24, 2.45) is 0 Å². The van der Waals surface area contributed by atoms with Crippen molar-refractivity contribution in [3.05, 3.63) is 11.6 Å². The van der Waals surface area contributed by atoms with Crippen molar-refractivity contribution in [1.29, 1.82) is 0 Å². The van der Waals surface area contributed by atoms with Gasteiger partial charge in [-0.05, 0) is 13.8 Å². The Morgan fingerprint density at radius 2 is 1.37 bits per heavy atom. The third-order valence-electron chi connectivity index (χ3n) is 4.00. The molecule has 1 aromatic heterocycles. The fourth-order valence-electron chi connectivity index (χ4n) is 2.55. The molecule has 0 aliphatic carbocycles. The van der Waals surface area contributed by atoms with Crippen LogP contribution in [0, 0.1) is 0 Å². The average molecular weight is 388 g/mol. The van der Waals surface area contributed by atoms with E-state index in [-0.39, 0.29) is 25.2 Å². The summed E-state index contributed by atoms with van der Waals surface area (Å²) in [6.07, 6.45) is -1.62. The number of nitrogens with zero attached hydrogens (tertiary/aromatic N) is 4. The van der Waals surface area contributed by atoms with Crippen LogP contribution in [0.2, 0.25) is 0 Å². The first-order chi connectivity index (χ1) is 12.9. The summed E-state index contributed by atoms with van der Waals surface area (Å²) in [6, 6.07) is 0. The lowest BCUT2D eigenvalue weighted by Gasteiger charge is -2.27. The van der Waals surface area contributed by atoms with E-state index in [1.54, 1.807) is 35.2 Å². The molecule has 0 radical (unpaired) electrons. The van der Waals surface area contributed by atoms with E-state index >= 15 is 0 Å². The van der Waals surface area contributed by atoms with Gasteiger partial charge in [0.1, 0.15) is 24.6 Å². The number of anilines is 1. The minimum atomic E-state index is -0.885. The van der Waals surface area contributed by atoms with Crippen LogP contribution in [0.4, 0.5) is 5.95 Å². The normalized spacial score (nSPS) is 15.0. The number of ether oxygens (including phenoxy) is 4. The van der Waals surface area contributed by atoms with Crippen LogP contribution in [-0.2, 0) is 18.9 Å². The molecule has 3 atom stereocenters. The molecule has 0 aliphatic rings. The molecule has 3 unspecified atom stereocenters. The van der Waals surface area contributed by atoms with E-state index in [0.717, 1.165) is 0 Å². The van der Waals surface area contributed by atoms with Gasteiger partial charge in [-0.15, -0.1) is 0 Å². The SMILES string of the molecule is COCC(COC)c1nc(C(COC)C(C)O)nc(N(COC)C(C)O)n1. The predicted molar refractivity (Wildman–Crippen MR) is 98.7 cm³/mol. The summed E-state index contributed by atoms with van der Waals surface area (Å²) in [6.45, 7) is 4.25. The Balaban J connectivity index is 3.48. The first-order valence-corrected chi connectivity index (χ1v) is 8.73. The van der Waals surface area contributed by atoms with Crippen LogP contribution < -0.4 is 4.90 Å². The summed E-state index contributed by atoms with van der Waals surface area (Å²) in [4.78, 5) is 15.0. The highest BCUT2D eigenvalue weighted by molar-refractivity contribution is 5.31. The smallest absolute Gasteiger partial charge is 0.232 e. The Kier molecular flexibility index (Phi) is 10.6. The third kappa shape index (κ3) is 6.91. The number of aliphatic hydroxyl groups is 2. The molecule has 1 aromatic rings. The van der Waals surface area contributed by atoms with Gasteiger partial charge in [0.25, 0.3) is 0 Å². The summed E-state index contributed by atoms with van der Waals surface area (Å²) in [7, 11) is 6.23. The molecule has 0 amide bonds. The zero-order valence-corrected chi connectivity index (χ0v) is 17.0. The van der Waals surface area contributed by atoms with Gasteiger partial charge in [-0.1, -0.05) is 0 Å². The van der Waals surface area contributed by atoms with Crippen molar-refractivity contribution in [2.75, 3.05) is 59.9 Å². The highest BCUT2D eigenvalue weighted by atomic mass is 16.5. The van der Waals surface area contributed by atoms with Gasteiger partial charge < -0.3 is 29.2 Å². The number of rotatable bonds is 13. The zero-order valence-electron chi connectivity index (χ0n) is 17.0. The largest absolute Gasteiger partial charge is 0.393 e. The van der Waals surface area contributed by atoms with Gasteiger partial charge in [0.15, 0.2) is 0 Å². The zero-order chi connectivity index (χ0) is 20.4. The van der Waals surface area contributed by atoms with Crippen molar-refractivity contribution in [2.45, 2.75) is 38.0 Å². The van der Waals surface area contributed by atoms with Gasteiger partial charge in [0, 0.05) is 28.4 Å². The summed E-state index contributed by atoms with van der Waals surface area (Å²) < 4.78 is 20.9. The average Bonchev–Trinajstić information content (AvgIpc) is 2.63. The molecule has 0 aromatic carbocycles. The van der Waals surface area contributed by atoms with E-state index in [2.05, 4.69) is 15.0 Å². The fourth-order valence-corrected chi connectivity index (χ4v) is 2.55. The predicted octanol–water partition coefficient (Wildman–Crippen LogP) is 0.107. The fraction of sp³-hybridized carbons (Fsp3) is 0.824. The maximum atomic E-state index is 10.2. The van der Waals surface area contributed by atoms with Gasteiger partial charge in [-0.3, -0.25) is 4.90 Å². The Morgan fingerprint density at radius 3 is 1.81 bits per heavy atom. The molecule has 0 spiro atoms. The van der Waals surface area contributed by atoms with Crippen LogP contribution >= 0.6 is 0 Å². The number of aromatic nitrogens is 3. The number of methoxy groups -OCH3 is 4. The molecule has 27 heavy (non-hydrogen) atoms. The second-order valence-electron chi connectivity index (χ2n) is 6.28. The van der Waals surface area contributed by atoms with Crippen LogP contribution in [0.1, 0.15) is 37.3 Å². The molecule has 0 fully saturated rings. The van der Waals surface area contributed by atoms with Gasteiger partial charge in [-0.25, -0.2) is 4.98 Å². The van der Waals surface area contributed by atoms with E-state index in [1.165, 1.54) is 12.0 Å². The summed E-state index contributed by atoms with van der Waals surface area (Å²) in [5.41, 5.74) is 0. The molecule has 1 rings (SSSR count). The molecule has 10 heteroatoms. The second kappa shape index (κ2) is 12.1. The monoisotopic (exact) mass is 388 g/mol. The van der Waals surface area contributed by atoms with Crippen molar-refractivity contribution in [3.8, 4) is 0 Å². The highest BCUT2D eigenvalue weighted by Gasteiger charge is 2.27. The van der Waals surface area contributed by atoms with Crippen LogP contribution in [-0.4, -0.2) is 92.5 Å². The third-order valence-corrected chi connectivity index (χ3v) is 4.00.